The Morgan fingerprint density at radius 2 is 1.59 bits per heavy atom. The van der Waals surface area contributed by atoms with Crippen LogP contribution in [0.25, 0.3) is 0 Å². The van der Waals surface area contributed by atoms with Crippen molar-refractivity contribution in [2.75, 3.05) is 31.1 Å². The van der Waals surface area contributed by atoms with Gasteiger partial charge in [-0.1, -0.05) is 96.2 Å². The van der Waals surface area contributed by atoms with Gasteiger partial charge >= 0.3 is 5.97 Å². The normalized spacial score (nSPS) is 21.1. The van der Waals surface area contributed by atoms with Crippen molar-refractivity contribution in [3.05, 3.63) is 136 Å². The Kier molecular flexibility index (Phi) is 9.47. The largest absolute Gasteiger partial charge is 0.477 e. The van der Waals surface area contributed by atoms with E-state index < -0.39 is 34.8 Å². The fourth-order valence-electron chi connectivity index (χ4n) is 7.09. The molecule has 8 rings (SSSR count). The number of allylic oxidation sites excluding steroid dienone is 1. The molecular weight excluding hydrogens is 729 g/mol. The van der Waals surface area contributed by atoms with Gasteiger partial charge in [-0.2, -0.15) is 9.36 Å². The number of β-lactam (4-membered cyclic amide) rings is 1. The molecule has 1 aromatic heterocycles. The summed E-state index contributed by atoms with van der Waals surface area (Å²) in [5.41, 5.74) is 7.14. The smallest absolute Gasteiger partial charge is 0.352 e. The van der Waals surface area contributed by atoms with Gasteiger partial charge in [0.15, 0.2) is 5.13 Å². The maximum absolute atomic E-state index is 14.2. The molecule has 14 nitrogen and oxygen atoms in total. The van der Waals surface area contributed by atoms with Gasteiger partial charge in [0.1, 0.15) is 17.1 Å². The summed E-state index contributed by atoms with van der Waals surface area (Å²) in [6.07, 6.45) is 2.10. The zero-order chi connectivity index (χ0) is 37.4. The van der Waals surface area contributed by atoms with Gasteiger partial charge in [0.2, 0.25) is 23.0 Å². The molecule has 0 spiro atoms. The lowest BCUT2D eigenvalue weighted by Crippen LogP contribution is -2.71. The highest BCUT2D eigenvalue weighted by Crippen LogP contribution is 2.43. The van der Waals surface area contributed by atoms with Crippen LogP contribution in [0.5, 0.6) is 0 Å². The molecule has 0 saturated carbocycles. The topological polar surface area (TPSA) is 192 Å². The van der Waals surface area contributed by atoms with Crippen LogP contribution in [-0.2, 0) is 29.6 Å². The second kappa shape index (κ2) is 14.5. The van der Waals surface area contributed by atoms with E-state index in [9.17, 15) is 24.3 Å². The van der Waals surface area contributed by atoms with E-state index in [0.29, 0.717) is 24.1 Å². The Morgan fingerprint density at radius 1 is 0.981 bits per heavy atom. The predicted molar refractivity (Wildman–Crippen MR) is 202 cm³/mol. The number of likely N-dealkylation sites (tertiary alicyclic amines) is 1. The van der Waals surface area contributed by atoms with Crippen molar-refractivity contribution < 1.29 is 29.1 Å². The average Bonchev–Trinajstić information content (AvgIpc) is 3.76. The minimum Gasteiger partial charge on any atom is -0.477 e. The summed E-state index contributed by atoms with van der Waals surface area (Å²) in [5, 5.41) is 20.0. The standard InChI is InChI=1S/C38H34N8O6S2/c39-37-42-31(44-54-37)28(43-52-38(24-10-4-1-5-11-24,25-12-6-2-7-13-25)26-14-8-3-9-15-26)32(47)41-29-34(49)46-30(36(50)51)23(21-53-35(29)46)18-22-16-17-45(33(22)48)27-19-40-20-27/h1-15,18,27,29,35,40H,16-17,19-21H2,(H,41,47)(H,50,51)(H2,39,42,44)/b22-18+,43-28-/t29-,35-/m1/s1. The first-order valence-electron chi connectivity index (χ1n) is 17.2. The summed E-state index contributed by atoms with van der Waals surface area (Å²) in [6.45, 7) is 2.02. The first-order chi connectivity index (χ1) is 26.3. The highest BCUT2D eigenvalue weighted by molar-refractivity contribution is 8.00. The van der Waals surface area contributed by atoms with Crippen LogP contribution in [0.15, 0.2) is 119 Å². The van der Waals surface area contributed by atoms with E-state index in [1.165, 1.54) is 16.7 Å². The molecule has 4 aromatic rings. The molecule has 3 fully saturated rings. The number of hydrogen-bond acceptors (Lipinski definition) is 12. The number of fused-ring (bicyclic) bond motifs is 1. The first-order valence-corrected chi connectivity index (χ1v) is 19.0. The van der Waals surface area contributed by atoms with Gasteiger partial charge in [-0.15, -0.1) is 11.8 Å². The van der Waals surface area contributed by atoms with Gasteiger partial charge in [-0.3, -0.25) is 19.3 Å². The number of hydrogen-bond donors (Lipinski definition) is 4. The molecular formula is C38H34N8O6S2. The third kappa shape index (κ3) is 6.21. The Hall–Kier alpha value is -5.84. The van der Waals surface area contributed by atoms with Crippen LogP contribution in [0.1, 0.15) is 28.9 Å². The summed E-state index contributed by atoms with van der Waals surface area (Å²) in [7, 11) is 0. The van der Waals surface area contributed by atoms with E-state index in [1.54, 1.807) is 11.0 Å². The van der Waals surface area contributed by atoms with Crippen molar-refractivity contribution in [2.24, 2.45) is 5.16 Å². The van der Waals surface area contributed by atoms with Crippen molar-refractivity contribution in [3.63, 3.8) is 0 Å². The molecule has 0 unspecified atom stereocenters. The molecule has 3 amide bonds. The molecule has 0 bridgehead atoms. The highest BCUT2D eigenvalue weighted by Gasteiger charge is 2.54. The number of carbonyl (C=O) groups excluding carboxylic acids is 3. The third-order valence-corrected chi connectivity index (χ3v) is 11.7. The fourth-order valence-corrected chi connectivity index (χ4v) is 8.83. The Labute approximate surface area is 317 Å². The molecule has 0 radical (unpaired) electrons. The van der Waals surface area contributed by atoms with Crippen molar-refractivity contribution in [1.29, 1.82) is 0 Å². The highest BCUT2D eigenvalue weighted by atomic mass is 32.2. The van der Waals surface area contributed by atoms with Crippen molar-refractivity contribution >= 4 is 57.8 Å². The lowest BCUT2D eigenvalue weighted by Gasteiger charge is -2.49. The lowest BCUT2D eigenvalue weighted by atomic mass is 9.80. The van der Waals surface area contributed by atoms with E-state index >= 15 is 0 Å². The first kappa shape index (κ1) is 35.2. The van der Waals surface area contributed by atoms with Crippen molar-refractivity contribution in [3.8, 4) is 0 Å². The number of carbonyl (C=O) groups is 4. The van der Waals surface area contributed by atoms with Crippen LogP contribution in [0.4, 0.5) is 5.13 Å². The molecule has 2 atom stereocenters. The third-order valence-electron chi connectivity index (χ3n) is 9.88. The summed E-state index contributed by atoms with van der Waals surface area (Å²) in [5.74, 6) is -2.74. The second-order valence-electron chi connectivity index (χ2n) is 13.0. The fraction of sp³-hybridized carbons (Fsp3) is 0.237. The zero-order valence-corrected chi connectivity index (χ0v) is 30.3. The van der Waals surface area contributed by atoms with Crippen molar-refractivity contribution in [2.45, 2.75) is 29.5 Å². The number of carboxylic acid groups (broad SMARTS) is 1. The quantitative estimate of drug-likeness (QED) is 0.0578. The van der Waals surface area contributed by atoms with Gasteiger partial charge in [0.05, 0.1) is 6.04 Å². The summed E-state index contributed by atoms with van der Waals surface area (Å²) < 4.78 is 4.24. The molecule has 5 N–H and O–H groups in total. The van der Waals surface area contributed by atoms with E-state index in [1.807, 2.05) is 91.0 Å². The molecule has 16 heteroatoms. The van der Waals surface area contributed by atoms with Crippen LogP contribution in [0, 0.1) is 0 Å². The lowest BCUT2D eigenvalue weighted by molar-refractivity contribution is -0.150. The number of aromatic nitrogens is 2. The second-order valence-corrected chi connectivity index (χ2v) is 14.9. The van der Waals surface area contributed by atoms with Gasteiger partial charge in [0, 0.05) is 59.2 Å². The molecule has 5 heterocycles. The number of oxime groups is 1. The van der Waals surface area contributed by atoms with Crippen LogP contribution in [0.2, 0.25) is 0 Å². The molecule has 274 valence electrons. The number of amides is 3. The molecule has 3 saturated heterocycles. The molecule has 54 heavy (non-hydrogen) atoms. The summed E-state index contributed by atoms with van der Waals surface area (Å²) in [6, 6.07) is 27.4. The number of aliphatic carboxylic acids is 1. The minimum atomic E-state index is -1.34. The molecule has 3 aromatic carbocycles. The number of nitrogens with two attached hydrogens (primary N) is 1. The average molecular weight is 763 g/mol. The summed E-state index contributed by atoms with van der Waals surface area (Å²) >= 11 is 2.16. The maximum Gasteiger partial charge on any atom is 0.352 e. The van der Waals surface area contributed by atoms with E-state index in [0.717, 1.165) is 41.3 Å². The Bertz CT molecular complexity index is 2110. The van der Waals surface area contributed by atoms with Crippen LogP contribution in [-0.4, -0.2) is 96.5 Å². The van der Waals surface area contributed by atoms with E-state index in [4.69, 9.17) is 10.6 Å². The molecule has 4 aliphatic heterocycles. The number of anilines is 1. The number of benzene rings is 3. The predicted octanol–water partition coefficient (Wildman–Crippen LogP) is 2.70. The number of nitrogens with zero attached hydrogens (tertiary/aromatic N) is 5. The van der Waals surface area contributed by atoms with E-state index in [2.05, 4.69) is 25.1 Å². The van der Waals surface area contributed by atoms with Gasteiger partial charge in [-0.05, 0) is 18.1 Å². The summed E-state index contributed by atoms with van der Waals surface area (Å²) in [4.78, 5) is 67.3. The maximum atomic E-state index is 14.2. The van der Waals surface area contributed by atoms with E-state index in [-0.39, 0.29) is 40.1 Å². The Morgan fingerprint density at radius 3 is 2.11 bits per heavy atom. The Balaban J connectivity index is 1.10. The van der Waals surface area contributed by atoms with Crippen LogP contribution < -0.4 is 16.4 Å². The monoisotopic (exact) mass is 762 g/mol. The number of thioether (sulfide) groups is 1. The van der Waals surface area contributed by atoms with Gasteiger partial charge in [-0.25, -0.2) is 4.79 Å². The molecule has 4 aliphatic rings. The van der Waals surface area contributed by atoms with Gasteiger partial charge < -0.3 is 31.2 Å². The van der Waals surface area contributed by atoms with Crippen LogP contribution in [0.3, 0.4) is 0 Å². The SMILES string of the molecule is Nc1nc(/C(=N/OC(c2ccccc2)(c2ccccc2)c2ccccc2)C(=O)N[C@@H]2C(=O)N3C(C(=O)O)=C(/C=C4\CCN(C5CNC5)C4=O)CS[C@H]23)ns1. The molecule has 0 aliphatic carbocycles. The number of rotatable bonds is 11. The van der Waals surface area contributed by atoms with Crippen LogP contribution >= 0.6 is 23.3 Å². The zero-order valence-electron chi connectivity index (χ0n) is 28.6. The van der Waals surface area contributed by atoms with Crippen molar-refractivity contribution in [1.82, 2.24) is 29.8 Å². The number of nitrogen functional groups attached to an aromatic ring is 1. The number of carboxylic acids is 1. The van der Waals surface area contributed by atoms with Gasteiger partial charge in [0.25, 0.3) is 11.8 Å². The minimum absolute atomic E-state index is 0.0887. The number of nitrogens with one attached hydrogen (secondary N) is 2.